The Morgan fingerprint density at radius 3 is 2.33 bits per heavy atom. The van der Waals surface area contributed by atoms with E-state index in [9.17, 15) is 9.59 Å². The van der Waals surface area contributed by atoms with Crippen molar-refractivity contribution in [1.82, 2.24) is 9.55 Å². The molecular formula is C38H38Cl2N5O5Pt+. The van der Waals surface area contributed by atoms with Gasteiger partial charge >= 0.3 is 27.0 Å². The fraction of sp³-hybridized carbons (Fsp3) is 0.263. The molecule has 10 nitrogen and oxygen atoms in total. The molecule has 0 radical (unpaired) electrons. The van der Waals surface area contributed by atoms with Crippen molar-refractivity contribution in [3.8, 4) is 5.75 Å². The zero-order valence-electron chi connectivity index (χ0n) is 28.0. The molecule has 0 amide bonds. The normalized spacial score (nSPS) is 15.3. The number of aromatic nitrogens is 3. The number of halogens is 2. The summed E-state index contributed by atoms with van der Waals surface area (Å²) in [4.78, 5) is 31.4. The fourth-order valence-electron chi connectivity index (χ4n) is 6.33. The van der Waals surface area contributed by atoms with Crippen molar-refractivity contribution in [3.63, 3.8) is 0 Å². The second-order valence-corrected chi connectivity index (χ2v) is 12.9. The third-order valence-electron chi connectivity index (χ3n) is 8.96. The van der Waals surface area contributed by atoms with Gasteiger partial charge in [-0.25, -0.2) is 4.98 Å². The maximum atomic E-state index is 13.6. The van der Waals surface area contributed by atoms with E-state index in [1.807, 2.05) is 60.2 Å². The smallest absolute Gasteiger partial charge is 0.676 e. The number of carbonyl (C=O) groups is 2. The molecule has 4 N–H and O–H groups in total. The van der Waals surface area contributed by atoms with Crippen LogP contribution >= 0.6 is 23.2 Å². The van der Waals surface area contributed by atoms with E-state index in [0.717, 1.165) is 40.0 Å². The Labute approximate surface area is 320 Å². The van der Waals surface area contributed by atoms with E-state index in [-0.39, 0.29) is 57.7 Å². The number of hydrogen-bond acceptors (Lipinski definition) is 5. The van der Waals surface area contributed by atoms with Gasteiger partial charge in [-0.3, -0.25) is 14.2 Å². The van der Waals surface area contributed by atoms with Gasteiger partial charge < -0.3 is 26.4 Å². The minimum atomic E-state index is -0.440. The summed E-state index contributed by atoms with van der Waals surface area (Å²) in [5.74, 6) is -0.0458. The SMILES string of the molecule is COc1ccc2c(c1)c(CC(=O)OC[n+]1cccc3cc(Cl)c4cccnc4c31)c(C)n2C(=O)c1ccc(Cl)cc1.O.[NH-]C1CCCC[C@@H]1[NH-].[Pt+2]. The molecule has 2 atom stereocenters. The van der Waals surface area contributed by atoms with Crippen molar-refractivity contribution in [1.29, 1.82) is 0 Å². The van der Waals surface area contributed by atoms with E-state index in [0.29, 0.717) is 38.1 Å². The van der Waals surface area contributed by atoms with Crippen LogP contribution in [0.4, 0.5) is 0 Å². The average Bonchev–Trinajstić information content (AvgIpc) is 3.38. The molecule has 1 saturated carbocycles. The number of esters is 1. The quantitative estimate of drug-likeness (QED) is 0.0936. The molecule has 1 aliphatic carbocycles. The third kappa shape index (κ3) is 8.60. The van der Waals surface area contributed by atoms with Crippen LogP contribution in [-0.4, -0.2) is 46.1 Å². The monoisotopic (exact) mass is 909 g/mol. The second-order valence-electron chi connectivity index (χ2n) is 12.1. The van der Waals surface area contributed by atoms with Crippen LogP contribution < -0.4 is 9.30 Å². The molecule has 0 spiro atoms. The Bertz CT molecular complexity index is 2170. The van der Waals surface area contributed by atoms with Gasteiger partial charge in [0.1, 0.15) is 11.3 Å². The van der Waals surface area contributed by atoms with Crippen LogP contribution in [0.5, 0.6) is 5.75 Å². The molecule has 7 rings (SSSR count). The summed E-state index contributed by atoms with van der Waals surface area (Å²) in [6.45, 7) is 1.80. The summed E-state index contributed by atoms with van der Waals surface area (Å²) < 4.78 is 14.7. The topological polar surface area (TPSA) is 153 Å². The summed E-state index contributed by atoms with van der Waals surface area (Å²) in [5.41, 5.74) is 18.6. The summed E-state index contributed by atoms with van der Waals surface area (Å²) in [5, 5.41) is 3.58. The Kier molecular flexibility index (Phi) is 13.7. The summed E-state index contributed by atoms with van der Waals surface area (Å²) in [7, 11) is 1.57. The van der Waals surface area contributed by atoms with Gasteiger partial charge in [0.05, 0.1) is 29.5 Å². The predicted molar refractivity (Wildman–Crippen MR) is 197 cm³/mol. The first-order valence-corrected chi connectivity index (χ1v) is 16.8. The van der Waals surface area contributed by atoms with E-state index in [2.05, 4.69) is 4.98 Å². The number of ether oxygens (including phenoxy) is 2. The van der Waals surface area contributed by atoms with Crippen LogP contribution in [0.3, 0.4) is 0 Å². The summed E-state index contributed by atoms with van der Waals surface area (Å²) in [6.07, 6.45) is 7.76. The average molecular weight is 911 g/mol. The molecule has 0 aliphatic heterocycles. The zero-order valence-corrected chi connectivity index (χ0v) is 31.8. The predicted octanol–water partition coefficient (Wildman–Crippen LogP) is 8.26. The molecular weight excluding hydrogens is 872 g/mol. The van der Waals surface area contributed by atoms with Crippen LogP contribution in [0.15, 0.2) is 85.2 Å². The molecule has 6 aromatic rings. The number of carbonyl (C=O) groups excluding carboxylic acids is 2. The van der Waals surface area contributed by atoms with E-state index in [1.54, 1.807) is 48.2 Å². The first kappa shape index (κ1) is 39.9. The Morgan fingerprint density at radius 1 is 0.961 bits per heavy atom. The van der Waals surface area contributed by atoms with Gasteiger partial charge in [0.2, 0.25) is 5.52 Å². The summed E-state index contributed by atoms with van der Waals surface area (Å²) in [6, 6.07) is 21.4. The van der Waals surface area contributed by atoms with Gasteiger partial charge in [0.15, 0.2) is 6.20 Å². The van der Waals surface area contributed by atoms with Crippen LogP contribution in [0.25, 0.3) is 44.2 Å². The standard InChI is InChI=1S/C32H24Cl2N3O4.C6H12N2.H2O.Pt/c1-19-25(26-16-23(40-2)11-12-28(26)37(19)32(39)20-7-9-22(33)10-8-20)17-29(38)41-18-36-14-4-5-21-15-27(34)24-6-3-13-35-30(24)31(21)36;7-5-3-1-2-4-6(5)8;;/h3-16H,17-18H2,1-2H3;5-8H,1-4H2;1H2;/q+1;-2;;+2/t;5-,6?;;/m.0../s1. The molecule has 51 heavy (non-hydrogen) atoms. The van der Waals surface area contributed by atoms with Crippen LogP contribution in [0.2, 0.25) is 10.0 Å². The Morgan fingerprint density at radius 2 is 1.67 bits per heavy atom. The Balaban J connectivity index is 0.000000517. The maximum absolute atomic E-state index is 13.6. The fourth-order valence-corrected chi connectivity index (χ4v) is 6.73. The van der Waals surface area contributed by atoms with Gasteiger partial charge in [0.25, 0.3) is 12.6 Å². The van der Waals surface area contributed by atoms with Gasteiger partial charge in [-0.15, -0.1) is 0 Å². The van der Waals surface area contributed by atoms with Crippen molar-refractivity contribution < 1.29 is 50.2 Å². The van der Waals surface area contributed by atoms with Gasteiger partial charge in [-0.2, -0.15) is 16.7 Å². The largest absolute Gasteiger partial charge is 2.00 e. The molecule has 3 aromatic heterocycles. The minimum Gasteiger partial charge on any atom is -0.676 e. The molecule has 0 saturated heterocycles. The first-order valence-electron chi connectivity index (χ1n) is 16.1. The molecule has 0 bridgehead atoms. The van der Waals surface area contributed by atoms with Gasteiger partial charge in [-0.1, -0.05) is 48.9 Å². The molecule has 3 aromatic carbocycles. The molecule has 1 fully saturated rings. The van der Waals surface area contributed by atoms with E-state index < -0.39 is 5.97 Å². The number of nitrogens with one attached hydrogen (secondary N) is 2. The van der Waals surface area contributed by atoms with Crippen molar-refractivity contribution in [2.75, 3.05) is 7.11 Å². The molecule has 13 heteroatoms. The van der Waals surface area contributed by atoms with Gasteiger partial charge in [0, 0.05) is 39.3 Å². The maximum Gasteiger partial charge on any atom is 2.00 e. The third-order valence-corrected chi connectivity index (χ3v) is 9.53. The number of benzene rings is 3. The Hall–Kier alpha value is -3.89. The van der Waals surface area contributed by atoms with Gasteiger partial charge in [-0.05, 0) is 79.2 Å². The minimum absolute atomic E-state index is 0. The number of hydrogen-bond donors (Lipinski definition) is 0. The van der Waals surface area contributed by atoms with Crippen molar-refractivity contribution in [3.05, 3.63) is 124 Å². The molecule has 1 aliphatic rings. The van der Waals surface area contributed by atoms with Crippen LogP contribution in [0, 0.1) is 6.92 Å². The molecule has 1 unspecified atom stereocenters. The van der Waals surface area contributed by atoms with Crippen molar-refractivity contribution >= 4 is 67.8 Å². The summed E-state index contributed by atoms with van der Waals surface area (Å²) >= 11 is 12.5. The second kappa shape index (κ2) is 17.6. The van der Waals surface area contributed by atoms with E-state index in [4.69, 9.17) is 44.1 Å². The van der Waals surface area contributed by atoms with E-state index >= 15 is 0 Å². The number of fused-ring (bicyclic) bond motifs is 4. The number of nitrogens with zero attached hydrogens (tertiary/aromatic N) is 3. The van der Waals surface area contributed by atoms with E-state index in [1.165, 1.54) is 12.8 Å². The molecule has 268 valence electrons. The number of rotatable bonds is 6. The number of pyridine rings is 2. The van der Waals surface area contributed by atoms with Crippen molar-refractivity contribution in [2.45, 2.75) is 57.8 Å². The zero-order chi connectivity index (χ0) is 34.7. The van der Waals surface area contributed by atoms with Crippen LogP contribution in [0.1, 0.15) is 47.3 Å². The van der Waals surface area contributed by atoms with Crippen molar-refractivity contribution in [2.24, 2.45) is 0 Å². The van der Waals surface area contributed by atoms with Crippen LogP contribution in [-0.2, 0) is 43.7 Å². The number of methoxy groups -OCH3 is 1. The first-order chi connectivity index (χ1) is 23.7. The molecule has 3 heterocycles.